The third-order valence-corrected chi connectivity index (χ3v) is 11.3. The maximum Gasteiger partial charge on any atom is 0.435 e. The summed E-state index contributed by atoms with van der Waals surface area (Å²) in [6, 6.07) is 6.02. The number of likely N-dealkylation sites (tertiary alicyclic amines) is 1. The Kier molecular flexibility index (Phi) is 6.53. The maximum atomic E-state index is 14.9. The number of rotatable bonds is 4. The van der Waals surface area contributed by atoms with Gasteiger partial charge in [0.15, 0.2) is 9.84 Å². The number of nitrogens with zero attached hydrogens (tertiary/aromatic N) is 2. The molecule has 0 N–H and O–H groups in total. The Balaban J connectivity index is 1.71. The summed E-state index contributed by atoms with van der Waals surface area (Å²) >= 11 is 0. The first-order valence-corrected chi connectivity index (χ1v) is 14.1. The molecule has 0 unspecified atom stereocenters. The molecule has 0 radical (unpaired) electrons. The van der Waals surface area contributed by atoms with Crippen molar-refractivity contribution < 1.29 is 48.3 Å². The van der Waals surface area contributed by atoms with Crippen molar-refractivity contribution in [2.24, 2.45) is 5.41 Å². The van der Waals surface area contributed by atoms with E-state index in [0.717, 1.165) is 30.3 Å². The molecule has 3 aliphatic rings. The minimum atomic E-state index is -6.36. The number of carbonyl (C=O) groups is 1. The van der Waals surface area contributed by atoms with Gasteiger partial charge in [0.1, 0.15) is 16.0 Å². The highest BCUT2D eigenvalue weighted by molar-refractivity contribution is 7.92. The van der Waals surface area contributed by atoms with E-state index in [-0.39, 0.29) is 60.7 Å². The van der Waals surface area contributed by atoms with Crippen LogP contribution in [-0.4, -0.2) is 44.2 Å². The van der Waals surface area contributed by atoms with Crippen molar-refractivity contribution in [3.8, 4) is 6.07 Å². The second-order valence-corrected chi connectivity index (χ2v) is 12.9. The van der Waals surface area contributed by atoms with Crippen LogP contribution in [0, 0.1) is 22.6 Å². The van der Waals surface area contributed by atoms with Gasteiger partial charge in [-0.2, -0.15) is 31.6 Å². The van der Waals surface area contributed by atoms with Gasteiger partial charge in [-0.25, -0.2) is 17.2 Å². The molecule has 220 valence electrons. The standard InChI is InChI=1S/C27H22F8N2O3S/c28-18-4-6-19(7-5-18)41(39,40)24-12-13-37(22(38)23(15-36)10-1-11-23)21(24)9-2-16-14-17(3-8-20(16)24)25(29,26(30,31)32)27(33,34)35/h3-8,14,21H,1-2,9-13H2/t21-,24-/m1/s1. The van der Waals surface area contributed by atoms with E-state index in [1.54, 1.807) is 0 Å². The number of sulfone groups is 1. The molecule has 2 aliphatic carbocycles. The van der Waals surface area contributed by atoms with Crippen LogP contribution < -0.4 is 0 Å². The lowest BCUT2D eigenvalue weighted by Gasteiger charge is -2.45. The van der Waals surface area contributed by atoms with Gasteiger partial charge in [0.05, 0.1) is 17.0 Å². The molecular formula is C27H22F8N2O3S. The summed E-state index contributed by atoms with van der Waals surface area (Å²) < 4.78 is 136. The summed E-state index contributed by atoms with van der Waals surface area (Å²) in [6.07, 6.45) is -12.3. The third-order valence-electron chi connectivity index (χ3n) is 8.76. The molecule has 0 bridgehead atoms. The van der Waals surface area contributed by atoms with Gasteiger partial charge in [-0.15, -0.1) is 0 Å². The summed E-state index contributed by atoms with van der Waals surface area (Å²) in [5, 5.41) is 9.72. The van der Waals surface area contributed by atoms with E-state index in [1.165, 1.54) is 4.90 Å². The molecular weight excluding hydrogens is 584 g/mol. The van der Waals surface area contributed by atoms with Crippen LogP contribution in [0.3, 0.4) is 0 Å². The number of hydrogen-bond donors (Lipinski definition) is 0. The minimum absolute atomic E-state index is 0.160. The Hall–Kier alpha value is -3.21. The van der Waals surface area contributed by atoms with Gasteiger partial charge in [0, 0.05) is 12.1 Å². The quantitative estimate of drug-likeness (QED) is 0.315. The number of fused-ring (bicyclic) bond motifs is 3. The Bertz CT molecular complexity index is 1530. The highest BCUT2D eigenvalue weighted by Crippen LogP contribution is 2.57. The first kappa shape index (κ1) is 29.3. The van der Waals surface area contributed by atoms with E-state index < -0.39 is 61.4 Å². The van der Waals surface area contributed by atoms with Crippen LogP contribution in [0.15, 0.2) is 47.4 Å². The highest BCUT2D eigenvalue weighted by Gasteiger charge is 2.74. The van der Waals surface area contributed by atoms with E-state index in [0.29, 0.717) is 12.5 Å². The number of aryl methyl sites for hydroxylation is 1. The van der Waals surface area contributed by atoms with Gasteiger partial charge in [0.25, 0.3) is 0 Å². The van der Waals surface area contributed by atoms with E-state index in [1.807, 2.05) is 6.07 Å². The maximum absolute atomic E-state index is 14.9. The van der Waals surface area contributed by atoms with Crippen LogP contribution >= 0.6 is 0 Å². The predicted molar refractivity (Wildman–Crippen MR) is 127 cm³/mol. The van der Waals surface area contributed by atoms with Crippen LogP contribution in [0.2, 0.25) is 0 Å². The fourth-order valence-corrected chi connectivity index (χ4v) is 8.84. The molecule has 2 fully saturated rings. The second-order valence-electron chi connectivity index (χ2n) is 10.7. The average Bonchev–Trinajstić information content (AvgIpc) is 3.28. The zero-order valence-corrected chi connectivity index (χ0v) is 21.9. The van der Waals surface area contributed by atoms with E-state index in [2.05, 4.69) is 0 Å². The Morgan fingerprint density at radius 2 is 1.56 bits per heavy atom. The van der Waals surface area contributed by atoms with Crippen LogP contribution in [-0.2, 0) is 31.5 Å². The summed E-state index contributed by atoms with van der Waals surface area (Å²) in [7, 11) is -4.58. The first-order valence-electron chi connectivity index (χ1n) is 12.6. The normalized spacial score (nSPS) is 24.2. The largest absolute Gasteiger partial charge is 0.435 e. The third kappa shape index (κ3) is 3.90. The zero-order valence-electron chi connectivity index (χ0n) is 21.1. The first-order chi connectivity index (χ1) is 19.0. The van der Waals surface area contributed by atoms with Gasteiger partial charge in [0.2, 0.25) is 5.91 Å². The van der Waals surface area contributed by atoms with Crippen LogP contribution in [0.4, 0.5) is 35.1 Å². The summed E-state index contributed by atoms with van der Waals surface area (Å²) in [5.41, 5.74) is -9.22. The number of halogens is 8. The number of alkyl halides is 7. The van der Waals surface area contributed by atoms with Gasteiger partial charge in [-0.1, -0.05) is 18.2 Å². The molecule has 41 heavy (non-hydrogen) atoms. The molecule has 1 saturated carbocycles. The Labute approximate surface area is 229 Å². The highest BCUT2D eigenvalue weighted by atomic mass is 32.2. The topological polar surface area (TPSA) is 78.2 Å². The molecule has 5 nitrogen and oxygen atoms in total. The average molecular weight is 607 g/mol. The van der Waals surface area contributed by atoms with E-state index in [4.69, 9.17) is 0 Å². The molecule has 1 aliphatic heterocycles. The van der Waals surface area contributed by atoms with Crippen molar-refractivity contribution in [2.45, 2.75) is 72.2 Å². The molecule has 0 aromatic heterocycles. The molecule has 5 rings (SSSR count). The molecule has 0 spiro atoms. The molecule has 2 aromatic carbocycles. The van der Waals surface area contributed by atoms with Crippen molar-refractivity contribution in [3.05, 3.63) is 65.0 Å². The second kappa shape index (κ2) is 9.14. The van der Waals surface area contributed by atoms with Gasteiger partial charge in [-0.3, -0.25) is 4.79 Å². The van der Waals surface area contributed by atoms with E-state index in [9.17, 15) is 53.6 Å². The fourth-order valence-electron chi connectivity index (χ4n) is 6.48. The summed E-state index contributed by atoms with van der Waals surface area (Å²) in [5.74, 6) is -1.35. The van der Waals surface area contributed by atoms with Crippen LogP contribution in [0.25, 0.3) is 0 Å². The van der Waals surface area contributed by atoms with Gasteiger partial charge < -0.3 is 4.90 Å². The number of amides is 1. The predicted octanol–water partition coefficient (Wildman–Crippen LogP) is 6.03. The van der Waals surface area contributed by atoms with Crippen LogP contribution in [0.1, 0.15) is 48.8 Å². The zero-order chi connectivity index (χ0) is 30.2. The lowest BCUT2D eigenvalue weighted by molar-refractivity contribution is -0.348. The summed E-state index contributed by atoms with van der Waals surface area (Å²) in [4.78, 5) is 14.5. The van der Waals surface area contributed by atoms with Crippen molar-refractivity contribution in [1.29, 1.82) is 5.26 Å². The van der Waals surface area contributed by atoms with Gasteiger partial charge in [-0.05, 0) is 73.9 Å². The monoisotopic (exact) mass is 606 g/mol. The Morgan fingerprint density at radius 3 is 2.07 bits per heavy atom. The van der Waals surface area contributed by atoms with Gasteiger partial charge >= 0.3 is 18.0 Å². The molecule has 1 amide bonds. The number of hydrogen-bond acceptors (Lipinski definition) is 4. The SMILES string of the molecule is N#CC1(C(=O)N2CC[C@@]3(S(=O)(=O)c4ccc(F)cc4)c4ccc(C(F)(C(F)(F)F)C(F)(F)F)cc4CC[C@@H]23)CCC1. The fraction of sp³-hybridized carbons (Fsp3) is 0.481. The van der Waals surface area contributed by atoms with Crippen molar-refractivity contribution in [1.82, 2.24) is 4.90 Å². The molecule has 1 saturated heterocycles. The lowest BCUT2D eigenvalue weighted by atomic mass is 9.68. The number of carbonyl (C=O) groups excluding carboxylic acids is 1. The van der Waals surface area contributed by atoms with Crippen LogP contribution in [0.5, 0.6) is 0 Å². The minimum Gasteiger partial charge on any atom is -0.336 e. The summed E-state index contributed by atoms with van der Waals surface area (Å²) in [6.45, 7) is -0.160. The Morgan fingerprint density at radius 1 is 0.951 bits per heavy atom. The molecule has 2 aromatic rings. The molecule has 1 heterocycles. The van der Waals surface area contributed by atoms with Crippen molar-refractivity contribution in [2.75, 3.05) is 6.54 Å². The lowest BCUT2D eigenvalue weighted by Crippen LogP contribution is -2.56. The van der Waals surface area contributed by atoms with Crippen molar-refractivity contribution >= 4 is 15.7 Å². The van der Waals surface area contributed by atoms with Crippen molar-refractivity contribution in [3.63, 3.8) is 0 Å². The molecule has 2 atom stereocenters. The van der Waals surface area contributed by atoms with E-state index >= 15 is 0 Å². The number of nitriles is 1. The number of benzene rings is 2. The molecule has 14 heteroatoms. The smallest absolute Gasteiger partial charge is 0.336 e.